The van der Waals surface area contributed by atoms with Gasteiger partial charge in [-0.1, -0.05) is 24.3 Å². The second-order valence-electron chi connectivity index (χ2n) is 4.88. The number of benzene rings is 2. The lowest BCUT2D eigenvalue weighted by molar-refractivity contribution is 0.823. The van der Waals surface area contributed by atoms with Crippen molar-refractivity contribution in [2.45, 2.75) is 0 Å². The van der Waals surface area contributed by atoms with Gasteiger partial charge in [-0.2, -0.15) is 0 Å². The summed E-state index contributed by atoms with van der Waals surface area (Å²) in [6.07, 6.45) is 0. The van der Waals surface area contributed by atoms with E-state index in [9.17, 15) is 0 Å². The van der Waals surface area contributed by atoms with Crippen molar-refractivity contribution in [3.8, 4) is 11.1 Å². The summed E-state index contributed by atoms with van der Waals surface area (Å²) in [5.41, 5.74) is 4.96. The Morgan fingerprint density at radius 2 is 0.727 bits per heavy atom. The molecular formula is C16H26Cl2N2O2. The molecule has 0 aliphatic heterocycles. The van der Waals surface area contributed by atoms with Gasteiger partial charge in [0, 0.05) is 39.6 Å². The van der Waals surface area contributed by atoms with Crippen LogP contribution >= 0.6 is 24.8 Å². The molecule has 0 aromatic heterocycles. The van der Waals surface area contributed by atoms with Crippen LogP contribution < -0.4 is 9.80 Å². The molecule has 0 spiro atoms. The topological polar surface area (TPSA) is 69.5 Å². The SMILES string of the molecule is CN(C)c1ccc(-c2ccc(N(C)C)cc2)cc1.Cl.Cl.O.O. The molecule has 2 aromatic rings. The first-order valence-electron chi connectivity index (χ1n) is 6.13. The molecule has 0 saturated heterocycles. The smallest absolute Gasteiger partial charge is 0.0361 e. The summed E-state index contributed by atoms with van der Waals surface area (Å²) in [5, 5.41) is 0. The van der Waals surface area contributed by atoms with Crippen molar-refractivity contribution in [1.82, 2.24) is 0 Å². The van der Waals surface area contributed by atoms with E-state index in [1.54, 1.807) is 0 Å². The van der Waals surface area contributed by atoms with E-state index in [0.29, 0.717) is 0 Å². The molecule has 0 atom stereocenters. The Balaban J connectivity index is -0.000000902. The van der Waals surface area contributed by atoms with Crippen LogP contribution in [0.3, 0.4) is 0 Å². The molecule has 0 fully saturated rings. The highest BCUT2D eigenvalue weighted by atomic mass is 35.5. The lowest BCUT2D eigenvalue weighted by Gasteiger charge is -2.14. The van der Waals surface area contributed by atoms with E-state index in [-0.39, 0.29) is 35.8 Å². The Labute approximate surface area is 145 Å². The molecule has 0 aliphatic rings. The van der Waals surface area contributed by atoms with Crippen LogP contribution in [0.5, 0.6) is 0 Å². The number of halogens is 2. The van der Waals surface area contributed by atoms with Crippen LogP contribution in [-0.4, -0.2) is 39.1 Å². The van der Waals surface area contributed by atoms with Gasteiger partial charge >= 0.3 is 0 Å². The van der Waals surface area contributed by atoms with E-state index in [4.69, 9.17) is 0 Å². The van der Waals surface area contributed by atoms with Gasteiger partial charge in [-0.05, 0) is 35.4 Å². The summed E-state index contributed by atoms with van der Waals surface area (Å²) < 4.78 is 0. The van der Waals surface area contributed by atoms with Gasteiger partial charge in [-0.3, -0.25) is 0 Å². The maximum absolute atomic E-state index is 2.17. The Morgan fingerprint density at radius 3 is 0.909 bits per heavy atom. The molecule has 4 nitrogen and oxygen atoms in total. The van der Waals surface area contributed by atoms with E-state index in [0.717, 1.165) is 0 Å². The van der Waals surface area contributed by atoms with Gasteiger partial charge in [-0.25, -0.2) is 0 Å². The fraction of sp³-hybridized carbons (Fsp3) is 0.250. The quantitative estimate of drug-likeness (QED) is 0.855. The highest BCUT2D eigenvalue weighted by molar-refractivity contribution is 5.85. The molecule has 0 saturated carbocycles. The summed E-state index contributed by atoms with van der Waals surface area (Å²) in [4.78, 5) is 4.22. The molecule has 0 bridgehead atoms. The van der Waals surface area contributed by atoms with Crippen molar-refractivity contribution >= 4 is 36.2 Å². The minimum Gasteiger partial charge on any atom is -0.412 e. The highest BCUT2D eigenvalue weighted by Gasteiger charge is 2.00. The third-order valence-electron chi connectivity index (χ3n) is 3.10. The molecule has 126 valence electrons. The van der Waals surface area contributed by atoms with Crippen LogP contribution in [0.25, 0.3) is 11.1 Å². The Morgan fingerprint density at radius 1 is 0.500 bits per heavy atom. The van der Waals surface area contributed by atoms with Gasteiger partial charge in [0.1, 0.15) is 0 Å². The molecule has 6 heteroatoms. The fourth-order valence-corrected chi connectivity index (χ4v) is 1.90. The normalized spacial score (nSPS) is 8.36. The predicted molar refractivity (Wildman–Crippen MR) is 102 cm³/mol. The second kappa shape index (κ2) is 11.2. The van der Waals surface area contributed by atoms with Gasteiger partial charge in [0.15, 0.2) is 0 Å². The van der Waals surface area contributed by atoms with Gasteiger partial charge in [-0.15, -0.1) is 24.8 Å². The molecule has 4 N–H and O–H groups in total. The second-order valence-corrected chi connectivity index (χ2v) is 4.88. The monoisotopic (exact) mass is 348 g/mol. The predicted octanol–water partition coefficient (Wildman–Crippen LogP) is 2.68. The largest absolute Gasteiger partial charge is 0.412 e. The standard InChI is InChI=1S/C16H20N2.2ClH.2H2O/c1-17(2)15-9-5-13(6-10-15)14-7-11-16(12-8-14)18(3)4;;;;/h5-12H,1-4H3;2*1H;2*1H2. The molecule has 0 aliphatic carbocycles. The zero-order valence-corrected chi connectivity index (χ0v) is 15.0. The van der Waals surface area contributed by atoms with Crippen molar-refractivity contribution in [3.63, 3.8) is 0 Å². The molecule has 0 unspecified atom stereocenters. The zero-order chi connectivity index (χ0) is 13.1. The molecular weight excluding hydrogens is 323 g/mol. The summed E-state index contributed by atoms with van der Waals surface area (Å²) in [6.45, 7) is 0. The molecule has 0 radical (unpaired) electrons. The maximum Gasteiger partial charge on any atom is 0.0361 e. The molecule has 2 rings (SSSR count). The first kappa shape index (κ1) is 25.5. The first-order chi connectivity index (χ1) is 8.58. The van der Waals surface area contributed by atoms with Crippen LogP contribution in [0.1, 0.15) is 0 Å². The summed E-state index contributed by atoms with van der Waals surface area (Å²) in [6, 6.07) is 17.3. The van der Waals surface area contributed by atoms with Crippen LogP contribution in [-0.2, 0) is 0 Å². The Hall–Kier alpha value is -1.46. The van der Waals surface area contributed by atoms with E-state index >= 15 is 0 Å². The molecule has 0 amide bonds. The zero-order valence-electron chi connectivity index (χ0n) is 13.3. The van der Waals surface area contributed by atoms with Gasteiger partial charge in [0.05, 0.1) is 0 Å². The van der Waals surface area contributed by atoms with Crippen molar-refractivity contribution in [3.05, 3.63) is 48.5 Å². The number of rotatable bonds is 3. The minimum absolute atomic E-state index is 0. The number of nitrogens with zero attached hydrogens (tertiary/aromatic N) is 2. The Kier molecular flexibility index (Phi) is 12.9. The fourth-order valence-electron chi connectivity index (χ4n) is 1.90. The summed E-state index contributed by atoms with van der Waals surface area (Å²) >= 11 is 0. The molecule has 2 aromatic carbocycles. The van der Waals surface area contributed by atoms with Gasteiger partial charge < -0.3 is 20.8 Å². The van der Waals surface area contributed by atoms with Crippen LogP contribution in [0.2, 0.25) is 0 Å². The molecule has 0 heterocycles. The average Bonchev–Trinajstić information content (AvgIpc) is 2.39. The minimum atomic E-state index is 0. The van der Waals surface area contributed by atoms with Gasteiger partial charge in [0.2, 0.25) is 0 Å². The van der Waals surface area contributed by atoms with E-state index in [1.807, 2.05) is 0 Å². The van der Waals surface area contributed by atoms with E-state index in [1.165, 1.54) is 22.5 Å². The average molecular weight is 349 g/mol. The van der Waals surface area contributed by atoms with Crippen LogP contribution in [0, 0.1) is 0 Å². The summed E-state index contributed by atoms with van der Waals surface area (Å²) in [7, 11) is 8.23. The third-order valence-corrected chi connectivity index (χ3v) is 3.10. The Bertz CT molecular complexity index is 465. The maximum atomic E-state index is 2.17. The lowest BCUT2D eigenvalue weighted by atomic mass is 10.0. The first-order valence-corrected chi connectivity index (χ1v) is 6.13. The van der Waals surface area contributed by atoms with Crippen LogP contribution in [0.15, 0.2) is 48.5 Å². The van der Waals surface area contributed by atoms with E-state index in [2.05, 4.69) is 86.5 Å². The van der Waals surface area contributed by atoms with Crippen molar-refractivity contribution in [2.24, 2.45) is 0 Å². The van der Waals surface area contributed by atoms with Crippen molar-refractivity contribution < 1.29 is 11.0 Å². The van der Waals surface area contributed by atoms with E-state index < -0.39 is 0 Å². The van der Waals surface area contributed by atoms with Gasteiger partial charge in [0.25, 0.3) is 0 Å². The number of hydrogen-bond donors (Lipinski definition) is 0. The van der Waals surface area contributed by atoms with Crippen molar-refractivity contribution in [1.29, 1.82) is 0 Å². The molecule has 22 heavy (non-hydrogen) atoms. The van der Waals surface area contributed by atoms with Crippen molar-refractivity contribution in [2.75, 3.05) is 38.0 Å². The third kappa shape index (κ3) is 6.12. The summed E-state index contributed by atoms with van der Waals surface area (Å²) in [5.74, 6) is 0. The number of hydrogen-bond acceptors (Lipinski definition) is 2. The van der Waals surface area contributed by atoms with Crippen LogP contribution in [0.4, 0.5) is 11.4 Å². The highest BCUT2D eigenvalue weighted by Crippen LogP contribution is 2.24. The lowest BCUT2D eigenvalue weighted by Crippen LogP contribution is -2.08. The number of anilines is 2.